The molecule has 0 saturated heterocycles. The van der Waals surface area contributed by atoms with Crippen molar-refractivity contribution < 1.29 is 19.7 Å². The van der Waals surface area contributed by atoms with Gasteiger partial charge in [-0.1, -0.05) is 56.0 Å². The first kappa shape index (κ1) is 23.9. The summed E-state index contributed by atoms with van der Waals surface area (Å²) in [4.78, 5) is 13.4. The number of nitrogens with one attached hydrogen (secondary N) is 1. The minimum absolute atomic E-state index is 0.00577. The van der Waals surface area contributed by atoms with Gasteiger partial charge < -0.3 is 24.8 Å². The molecule has 2 aromatic heterocycles. The number of ether oxygens (including phenoxy) is 1. The molecular weight excluding hydrogens is 432 g/mol. The van der Waals surface area contributed by atoms with E-state index < -0.39 is 11.6 Å². The molecule has 8 nitrogen and oxygen atoms in total. The number of aliphatic hydroxyl groups is 1. The van der Waals surface area contributed by atoms with Gasteiger partial charge in [-0.25, -0.2) is 0 Å². The van der Waals surface area contributed by atoms with Gasteiger partial charge in [-0.05, 0) is 31.7 Å². The van der Waals surface area contributed by atoms with E-state index in [9.17, 15) is 15.0 Å². The molecule has 0 aliphatic heterocycles. The molecule has 8 heteroatoms. The van der Waals surface area contributed by atoms with Crippen LogP contribution in [0.1, 0.15) is 57.6 Å². The molecule has 1 saturated carbocycles. The van der Waals surface area contributed by atoms with Crippen molar-refractivity contribution in [3.8, 4) is 11.6 Å². The van der Waals surface area contributed by atoms with E-state index in [1.807, 2.05) is 30.3 Å². The van der Waals surface area contributed by atoms with Crippen LogP contribution >= 0.6 is 0 Å². The largest absolute Gasteiger partial charge is 0.494 e. The Bertz CT molecular complexity index is 1080. The number of carbonyl (C=O) groups excluding carboxylic acids is 1. The number of hydrogen-bond acceptors (Lipinski definition) is 5. The van der Waals surface area contributed by atoms with Gasteiger partial charge in [0.1, 0.15) is 18.4 Å². The quantitative estimate of drug-likeness (QED) is 0.408. The van der Waals surface area contributed by atoms with Crippen molar-refractivity contribution in [2.75, 3.05) is 5.32 Å². The Labute approximate surface area is 200 Å². The number of hydrogen-bond donors (Lipinski definition) is 3. The van der Waals surface area contributed by atoms with Crippen LogP contribution in [0.25, 0.3) is 0 Å². The lowest BCUT2D eigenvalue weighted by Gasteiger charge is -2.22. The van der Waals surface area contributed by atoms with Crippen LogP contribution in [0.15, 0.2) is 54.9 Å². The Hall–Kier alpha value is -3.26. The zero-order valence-corrected chi connectivity index (χ0v) is 19.9. The molecule has 0 bridgehead atoms. The summed E-state index contributed by atoms with van der Waals surface area (Å²) in [5.74, 6) is 1.12. The number of nitrogens with zero attached hydrogens (tertiary/aromatic N) is 3. The van der Waals surface area contributed by atoms with Gasteiger partial charge in [-0.3, -0.25) is 9.48 Å². The lowest BCUT2D eigenvalue weighted by Crippen LogP contribution is -2.28. The van der Waals surface area contributed by atoms with Crippen molar-refractivity contribution in [1.82, 2.24) is 14.3 Å². The Kier molecular flexibility index (Phi) is 7.26. The summed E-state index contributed by atoms with van der Waals surface area (Å²) in [5, 5.41) is 27.9. The molecule has 1 aliphatic carbocycles. The fraction of sp³-hybridized carbons (Fsp3) is 0.462. The number of aromatic nitrogens is 3. The molecule has 3 aromatic rings. The molecule has 1 amide bonds. The van der Waals surface area contributed by atoms with Gasteiger partial charge >= 0.3 is 0 Å². The average Bonchev–Trinajstić information content (AvgIpc) is 3.52. The number of anilines is 1. The Balaban J connectivity index is 1.49. The third-order valence-corrected chi connectivity index (χ3v) is 6.16. The van der Waals surface area contributed by atoms with E-state index in [1.165, 1.54) is 12.8 Å². The highest BCUT2D eigenvalue weighted by atomic mass is 16.5. The monoisotopic (exact) mass is 466 g/mol. The molecular formula is C26H34N4O4. The summed E-state index contributed by atoms with van der Waals surface area (Å²) >= 11 is 0. The van der Waals surface area contributed by atoms with E-state index in [2.05, 4.69) is 10.4 Å². The van der Waals surface area contributed by atoms with Crippen molar-refractivity contribution in [3.63, 3.8) is 0 Å². The topological polar surface area (TPSA) is 102 Å². The highest BCUT2D eigenvalue weighted by Crippen LogP contribution is 2.36. The number of amides is 1. The van der Waals surface area contributed by atoms with E-state index in [-0.39, 0.29) is 11.8 Å². The molecule has 1 atom stereocenters. The molecule has 2 heterocycles. The highest BCUT2D eigenvalue weighted by Gasteiger charge is 2.29. The first-order chi connectivity index (χ1) is 16.3. The molecule has 1 aliphatic rings. The van der Waals surface area contributed by atoms with Crippen molar-refractivity contribution in [2.45, 2.75) is 70.7 Å². The van der Waals surface area contributed by atoms with Crippen LogP contribution in [-0.4, -0.2) is 36.1 Å². The first-order valence-electron chi connectivity index (χ1n) is 11.9. The van der Waals surface area contributed by atoms with Crippen molar-refractivity contribution in [1.29, 1.82) is 0 Å². The molecule has 3 N–H and O–H groups in total. The Morgan fingerprint density at radius 1 is 1.24 bits per heavy atom. The number of carbonyl (C=O) groups is 1. The zero-order chi connectivity index (χ0) is 24.1. The minimum atomic E-state index is -0.911. The fourth-order valence-corrected chi connectivity index (χ4v) is 4.54. The molecule has 0 spiro atoms. The predicted molar refractivity (Wildman–Crippen MR) is 130 cm³/mol. The van der Waals surface area contributed by atoms with Gasteiger partial charge in [0.05, 0.1) is 18.3 Å². The minimum Gasteiger partial charge on any atom is -0.494 e. The highest BCUT2D eigenvalue weighted by molar-refractivity contribution is 5.93. The van der Waals surface area contributed by atoms with Crippen LogP contribution < -0.4 is 10.1 Å². The molecule has 1 aromatic carbocycles. The first-order valence-corrected chi connectivity index (χ1v) is 11.9. The molecule has 0 radical (unpaired) electrons. The summed E-state index contributed by atoms with van der Waals surface area (Å²) in [5.41, 5.74) is 0.113. The maximum Gasteiger partial charge on any atom is 0.248 e. The standard InChI is InChI=1S/C26H34N4O4/c1-26(2,33)18-29-13-12-23(28-29)27-25(32)22(14-19-8-6-7-9-19)30-16-21(15-24(30)31)34-17-20-10-4-3-5-11-20/h3-5,10-13,15-16,19,22,31,33H,6-9,14,17-18H2,1-2H3,(H,27,28,32)/t22-/m0/s1. The van der Waals surface area contributed by atoms with Gasteiger partial charge in [0, 0.05) is 18.3 Å². The fourth-order valence-electron chi connectivity index (χ4n) is 4.54. The second kappa shape index (κ2) is 10.3. The van der Waals surface area contributed by atoms with Gasteiger partial charge in [-0.15, -0.1) is 0 Å². The predicted octanol–water partition coefficient (Wildman–Crippen LogP) is 4.50. The molecule has 34 heavy (non-hydrogen) atoms. The average molecular weight is 467 g/mol. The van der Waals surface area contributed by atoms with Crippen molar-refractivity contribution in [3.05, 3.63) is 60.4 Å². The maximum absolute atomic E-state index is 13.4. The SMILES string of the molecule is CC(C)(O)Cn1ccc(NC(=O)[C@H](CC2CCCC2)n2cc(OCc3ccccc3)cc2O)n1. The Morgan fingerprint density at radius 2 is 1.97 bits per heavy atom. The van der Waals surface area contributed by atoms with E-state index in [1.54, 1.807) is 47.6 Å². The Morgan fingerprint density at radius 3 is 2.68 bits per heavy atom. The maximum atomic E-state index is 13.4. The normalized spacial score (nSPS) is 15.4. The van der Waals surface area contributed by atoms with E-state index in [4.69, 9.17) is 4.74 Å². The summed E-state index contributed by atoms with van der Waals surface area (Å²) in [6, 6.07) is 12.5. The van der Waals surface area contributed by atoms with Crippen LogP contribution in [0.4, 0.5) is 5.82 Å². The second-order valence-electron chi connectivity index (χ2n) is 9.82. The van der Waals surface area contributed by atoms with Crippen LogP contribution in [0.2, 0.25) is 0 Å². The van der Waals surface area contributed by atoms with Gasteiger partial charge in [-0.2, -0.15) is 5.10 Å². The molecule has 1 fully saturated rings. The van der Waals surface area contributed by atoms with Crippen LogP contribution in [0.5, 0.6) is 11.6 Å². The zero-order valence-electron chi connectivity index (χ0n) is 19.9. The number of benzene rings is 1. The third kappa shape index (κ3) is 6.41. The lowest BCUT2D eigenvalue weighted by molar-refractivity contribution is -0.119. The number of rotatable bonds is 10. The third-order valence-electron chi connectivity index (χ3n) is 6.16. The molecule has 182 valence electrons. The molecule has 4 rings (SSSR count). The van der Waals surface area contributed by atoms with Crippen LogP contribution in [0.3, 0.4) is 0 Å². The van der Waals surface area contributed by atoms with Crippen LogP contribution in [0, 0.1) is 5.92 Å². The second-order valence-corrected chi connectivity index (χ2v) is 9.82. The van der Waals surface area contributed by atoms with Gasteiger partial charge in [0.2, 0.25) is 5.91 Å². The summed E-state index contributed by atoms with van der Waals surface area (Å²) in [6.07, 6.45) is 8.57. The van der Waals surface area contributed by atoms with Gasteiger partial charge in [0.15, 0.2) is 11.7 Å². The van der Waals surface area contributed by atoms with Crippen LogP contribution in [-0.2, 0) is 17.9 Å². The lowest BCUT2D eigenvalue weighted by atomic mass is 9.97. The number of aromatic hydroxyl groups is 1. The van der Waals surface area contributed by atoms with Crippen molar-refractivity contribution >= 4 is 11.7 Å². The van der Waals surface area contributed by atoms with Gasteiger partial charge in [0.25, 0.3) is 0 Å². The van der Waals surface area contributed by atoms with E-state index >= 15 is 0 Å². The molecule has 0 unspecified atom stereocenters. The van der Waals surface area contributed by atoms with E-state index in [0.717, 1.165) is 18.4 Å². The smallest absolute Gasteiger partial charge is 0.248 e. The van der Waals surface area contributed by atoms with E-state index in [0.29, 0.717) is 37.1 Å². The summed E-state index contributed by atoms with van der Waals surface area (Å²) in [7, 11) is 0. The van der Waals surface area contributed by atoms with Crippen molar-refractivity contribution in [2.24, 2.45) is 5.92 Å². The summed E-state index contributed by atoms with van der Waals surface area (Å²) < 4.78 is 9.07. The summed E-state index contributed by atoms with van der Waals surface area (Å²) in [6.45, 7) is 4.10.